The van der Waals surface area contributed by atoms with E-state index in [1.807, 2.05) is 18.2 Å². The second-order valence-corrected chi connectivity index (χ2v) is 5.00. The fraction of sp³-hybridized carbons (Fsp3) is 0.462. The van der Waals surface area contributed by atoms with Gasteiger partial charge < -0.3 is 16.2 Å². The molecule has 0 spiro atoms. The predicted molar refractivity (Wildman–Crippen MR) is 75.3 cm³/mol. The highest BCUT2D eigenvalue weighted by molar-refractivity contribution is 9.10. The highest BCUT2D eigenvalue weighted by atomic mass is 79.9. The van der Waals surface area contributed by atoms with Gasteiger partial charge in [0.1, 0.15) is 5.75 Å². The highest BCUT2D eigenvalue weighted by Gasteiger charge is 2.10. The molecule has 4 nitrogen and oxygen atoms in total. The Morgan fingerprint density at radius 3 is 2.78 bits per heavy atom. The van der Waals surface area contributed by atoms with Gasteiger partial charge in [-0.3, -0.25) is 4.79 Å². The smallest absolute Gasteiger partial charge is 0.217 e. The lowest BCUT2D eigenvalue weighted by molar-refractivity contribution is -0.118. The van der Waals surface area contributed by atoms with Crippen molar-refractivity contribution < 1.29 is 9.53 Å². The first-order chi connectivity index (χ1) is 8.54. The number of halogens is 1. The number of amides is 1. The van der Waals surface area contributed by atoms with E-state index in [0.717, 1.165) is 22.2 Å². The minimum atomic E-state index is -0.326. The number of ether oxygens (including phenoxy) is 1. The van der Waals surface area contributed by atoms with E-state index in [0.29, 0.717) is 19.4 Å². The number of hydrogen-bond acceptors (Lipinski definition) is 3. The zero-order valence-corrected chi connectivity index (χ0v) is 12.1. The van der Waals surface area contributed by atoms with Crippen LogP contribution in [0.5, 0.6) is 5.75 Å². The first-order valence-electron chi connectivity index (χ1n) is 6.00. The van der Waals surface area contributed by atoms with E-state index >= 15 is 0 Å². The lowest BCUT2D eigenvalue weighted by Crippen LogP contribution is -2.16. The van der Waals surface area contributed by atoms with Crippen LogP contribution in [0.1, 0.15) is 37.8 Å². The zero-order valence-electron chi connectivity index (χ0n) is 10.5. The van der Waals surface area contributed by atoms with Crippen molar-refractivity contribution in [1.82, 2.24) is 0 Å². The summed E-state index contributed by atoms with van der Waals surface area (Å²) in [4.78, 5) is 10.7. The van der Waals surface area contributed by atoms with Crippen molar-refractivity contribution in [3.63, 3.8) is 0 Å². The van der Waals surface area contributed by atoms with Crippen LogP contribution in [0.15, 0.2) is 22.7 Å². The van der Waals surface area contributed by atoms with Gasteiger partial charge in [0.15, 0.2) is 0 Å². The quantitative estimate of drug-likeness (QED) is 0.811. The fourth-order valence-electron chi connectivity index (χ4n) is 1.54. The second-order valence-electron chi connectivity index (χ2n) is 4.15. The first-order valence-corrected chi connectivity index (χ1v) is 6.80. The van der Waals surface area contributed by atoms with Gasteiger partial charge in [0.2, 0.25) is 5.91 Å². The molecule has 100 valence electrons. The van der Waals surface area contributed by atoms with Gasteiger partial charge in [-0.15, -0.1) is 0 Å². The summed E-state index contributed by atoms with van der Waals surface area (Å²) in [6, 6.07) is 5.55. The van der Waals surface area contributed by atoms with E-state index in [1.165, 1.54) is 0 Å². The molecule has 0 saturated heterocycles. The Balaban J connectivity index is 2.67. The highest BCUT2D eigenvalue weighted by Crippen LogP contribution is 2.29. The van der Waals surface area contributed by atoms with Crippen LogP contribution in [0.2, 0.25) is 0 Å². The van der Waals surface area contributed by atoms with Crippen molar-refractivity contribution >= 4 is 21.8 Å². The van der Waals surface area contributed by atoms with Gasteiger partial charge in [0.05, 0.1) is 11.1 Å². The minimum absolute atomic E-state index is 0.186. The molecule has 0 fully saturated rings. The van der Waals surface area contributed by atoms with Crippen LogP contribution in [0, 0.1) is 0 Å². The van der Waals surface area contributed by atoms with Crippen LogP contribution in [-0.4, -0.2) is 12.5 Å². The van der Waals surface area contributed by atoms with Crippen molar-refractivity contribution in [2.45, 2.75) is 32.2 Å². The Kier molecular flexibility index (Phi) is 6.15. The van der Waals surface area contributed by atoms with E-state index in [2.05, 4.69) is 22.9 Å². The largest absolute Gasteiger partial charge is 0.492 e. The molecule has 1 unspecified atom stereocenters. The van der Waals surface area contributed by atoms with Crippen molar-refractivity contribution in [3.05, 3.63) is 28.2 Å². The number of hydrogen-bond donors (Lipinski definition) is 2. The third-order valence-corrected chi connectivity index (χ3v) is 3.17. The molecule has 1 aromatic carbocycles. The molecule has 0 aliphatic heterocycles. The van der Waals surface area contributed by atoms with Gasteiger partial charge in [0, 0.05) is 12.5 Å². The van der Waals surface area contributed by atoms with Gasteiger partial charge in [-0.25, -0.2) is 0 Å². The lowest BCUT2D eigenvalue weighted by atomic mass is 10.0. The van der Waals surface area contributed by atoms with E-state index in [-0.39, 0.29) is 11.9 Å². The van der Waals surface area contributed by atoms with Gasteiger partial charge in [-0.2, -0.15) is 0 Å². The summed E-state index contributed by atoms with van der Waals surface area (Å²) in [6.07, 6.45) is 1.82. The number of primary amides is 1. The van der Waals surface area contributed by atoms with Crippen molar-refractivity contribution in [2.75, 3.05) is 6.61 Å². The summed E-state index contributed by atoms with van der Waals surface area (Å²) >= 11 is 3.45. The Morgan fingerprint density at radius 2 is 2.22 bits per heavy atom. The molecule has 0 bridgehead atoms. The summed E-state index contributed by atoms with van der Waals surface area (Å²) in [5.74, 6) is 0.482. The van der Waals surface area contributed by atoms with Crippen molar-refractivity contribution in [1.29, 1.82) is 0 Å². The first kappa shape index (κ1) is 15.0. The molecule has 0 radical (unpaired) electrons. The van der Waals surface area contributed by atoms with E-state index in [9.17, 15) is 4.79 Å². The minimum Gasteiger partial charge on any atom is -0.492 e. The number of carbonyl (C=O) groups is 1. The maximum Gasteiger partial charge on any atom is 0.217 e. The molecule has 0 heterocycles. The molecule has 0 aliphatic carbocycles. The summed E-state index contributed by atoms with van der Waals surface area (Å²) < 4.78 is 6.43. The van der Waals surface area contributed by atoms with E-state index in [4.69, 9.17) is 16.2 Å². The summed E-state index contributed by atoms with van der Waals surface area (Å²) in [5.41, 5.74) is 12.1. The average molecular weight is 315 g/mol. The number of benzene rings is 1. The summed E-state index contributed by atoms with van der Waals surface area (Å²) in [6.45, 7) is 2.74. The Hall–Kier alpha value is -1.07. The van der Waals surface area contributed by atoms with Gasteiger partial charge in [-0.05, 0) is 46.5 Å². The molecule has 1 amide bonds. The number of carbonyl (C=O) groups excluding carboxylic acids is 1. The Labute approximate surface area is 116 Å². The molecular weight excluding hydrogens is 296 g/mol. The maximum absolute atomic E-state index is 10.7. The normalized spacial score (nSPS) is 12.2. The standard InChI is InChI=1S/C13H19BrN2O2/c1-2-7-18-12-5-3-9(8-10(12)14)11(15)4-6-13(16)17/h3,5,8,11H,2,4,6-7,15H2,1H3,(H2,16,17). The maximum atomic E-state index is 10.7. The van der Waals surface area contributed by atoms with Crippen LogP contribution >= 0.6 is 15.9 Å². The fourth-order valence-corrected chi connectivity index (χ4v) is 2.05. The molecular formula is C13H19BrN2O2. The van der Waals surface area contributed by atoms with Gasteiger partial charge in [-0.1, -0.05) is 13.0 Å². The second kappa shape index (κ2) is 7.38. The molecule has 0 saturated carbocycles. The molecule has 5 heteroatoms. The molecule has 1 aromatic rings. The summed E-state index contributed by atoms with van der Waals surface area (Å²) in [5, 5.41) is 0. The summed E-state index contributed by atoms with van der Waals surface area (Å²) in [7, 11) is 0. The Bertz CT molecular complexity index is 410. The topological polar surface area (TPSA) is 78.3 Å². The monoisotopic (exact) mass is 314 g/mol. The van der Waals surface area contributed by atoms with Crippen LogP contribution < -0.4 is 16.2 Å². The number of nitrogens with two attached hydrogens (primary N) is 2. The van der Waals surface area contributed by atoms with Crippen molar-refractivity contribution in [2.24, 2.45) is 11.5 Å². The third-order valence-electron chi connectivity index (χ3n) is 2.55. The Morgan fingerprint density at radius 1 is 1.50 bits per heavy atom. The van der Waals surface area contributed by atoms with Crippen LogP contribution in [0.25, 0.3) is 0 Å². The van der Waals surface area contributed by atoms with E-state index in [1.54, 1.807) is 0 Å². The van der Waals surface area contributed by atoms with Crippen LogP contribution in [0.3, 0.4) is 0 Å². The molecule has 4 N–H and O–H groups in total. The lowest BCUT2D eigenvalue weighted by Gasteiger charge is -2.13. The molecule has 0 aliphatic rings. The van der Waals surface area contributed by atoms with Gasteiger partial charge in [0.25, 0.3) is 0 Å². The van der Waals surface area contributed by atoms with Gasteiger partial charge >= 0.3 is 0 Å². The SMILES string of the molecule is CCCOc1ccc(C(N)CCC(N)=O)cc1Br. The number of rotatable bonds is 7. The van der Waals surface area contributed by atoms with Crippen molar-refractivity contribution in [3.8, 4) is 5.75 Å². The molecule has 1 atom stereocenters. The molecule has 0 aromatic heterocycles. The van der Waals surface area contributed by atoms with E-state index < -0.39 is 0 Å². The zero-order chi connectivity index (χ0) is 13.5. The third kappa shape index (κ3) is 4.66. The van der Waals surface area contributed by atoms with Crippen LogP contribution in [0.4, 0.5) is 0 Å². The molecule has 18 heavy (non-hydrogen) atoms. The predicted octanol–water partition coefficient (Wildman–Crippen LogP) is 2.50. The molecule has 1 rings (SSSR count). The average Bonchev–Trinajstić information content (AvgIpc) is 2.34. The van der Waals surface area contributed by atoms with Crippen LogP contribution in [-0.2, 0) is 4.79 Å².